The van der Waals surface area contributed by atoms with Gasteiger partial charge in [0.05, 0.1) is 0 Å². The zero-order chi connectivity index (χ0) is 8.13. The van der Waals surface area contributed by atoms with Gasteiger partial charge in [-0.3, -0.25) is 0 Å². The van der Waals surface area contributed by atoms with Gasteiger partial charge in [-0.05, 0) is 30.0 Å². The van der Waals surface area contributed by atoms with E-state index in [-0.39, 0.29) is 12.4 Å². The first kappa shape index (κ1) is 9.50. The number of rotatable bonds is 0. The summed E-state index contributed by atoms with van der Waals surface area (Å²) in [5.74, 6) is 0. The fourth-order valence-corrected chi connectivity index (χ4v) is 3.10. The molecule has 2 bridgehead atoms. The van der Waals surface area contributed by atoms with E-state index in [4.69, 9.17) is 0 Å². The van der Waals surface area contributed by atoms with E-state index in [1.807, 2.05) is 0 Å². The Morgan fingerprint density at radius 2 is 2.00 bits per heavy atom. The van der Waals surface area contributed by atoms with Crippen LogP contribution in [0, 0.1) is 0 Å². The normalized spacial score (nSPS) is 28.4. The lowest BCUT2D eigenvalue weighted by atomic mass is 9.92. The minimum absolute atomic E-state index is 0. The second-order valence-electron chi connectivity index (χ2n) is 3.59. The van der Waals surface area contributed by atoms with Crippen LogP contribution in [0.2, 0.25) is 0 Å². The molecule has 2 aliphatic heterocycles. The van der Waals surface area contributed by atoms with Gasteiger partial charge in [0.1, 0.15) is 0 Å². The maximum atomic E-state index is 3.61. The Morgan fingerprint density at radius 1 is 1.23 bits per heavy atom. The molecule has 2 heterocycles. The topological polar surface area (TPSA) is 12.0 Å². The molecule has 1 nitrogen and oxygen atoms in total. The van der Waals surface area contributed by atoms with E-state index in [9.17, 15) is 0 Å². The molecule has 0 aliphatic carbocycles. The zero-order valence-electron chi connectivity index (χ0n) is 7.09. The Labute approximate surface area is 92.5 Å². The number of hydrogen-bond donors (Lipinski definition) is 1. The van der Waals surface area contributed by atoms with Crippen LogP contribution in [0.4, 0.5) is 0 Å². The van der Waals surface area contributed by atoms with Gasteiger partial charge in [-0.15, -0.1) is 12.4 Å². The van der Waals surface area contributed by atoms with Crippen LogP contribution in [-0.4, -0.2) is 0 Å². The molecule has 0 spiro atoms. The lowest BCUT2D eigenvalue weighted by Crippen LogP contribution is -2.06. The van der Waals surface area contributed by atoms with Crippen LogP contribution in [0.3, 0.4) is 0 Å². The first-order chi connectivity index (χ1) is 5.86. The predicted molar refractivity (Wildman–Crippen MR) is 59.2 cm³/mol. The third-order valence-corrected chi connectivity index (χ3v) is 3.65. The fourth-order valence-electron chi connectivity index (χ4n) is 2.44. The van der Waals surface area contributed by atoms with Crippen LogP contribution in [0.25, 0.3) is 0 Å². The largest absolute Gasteiger partial charge is 0.303 e. The first-order valence-electron chi connectivity index (χ1n) is 4.40. The van der Waals surface area contributed by atoms with Crippen molar-refractivity contribution >= 4 is 28.3 Å². The van der Waals surface area contributed by atoms with Gasteiger partial charge in [-0.1, -0.05) is 28.1 Å². The van der Waals surface area contributed by atoms with E-state index >= 15 is 0 Å². The van der Waals surface area contributed by atoms with E-state index in [1.165, 1.54) is 28.4 Å². The van der Waals surface area contributed by atoms with Crippen molar-refractivity contribution in [2.24, 2.45) is 0 Å². The molecule has 3 heteroatoms. The second-order valence-corrected chi connectivity index (χ2v) is 4.45. The van der Waals surface area contributed by atoms with Gasteiger partial charge in [-0.25, -0.2) is 0 Å². The predicted octanol–water partition coefficient (Wildman–Crippen LogP) is 3.35. The third-order valence-electron chi connectivity index (χ3n) is 2.96. The number of hydrogen-bond acceptors (Lipinski definition) is 1. The molecule has 1 aromatic carbocycles. The molecule has 1 aromatic rings. The van der Waals surface area contributed by atoms with Crippen LogP contribution in [0.5, 0.6) is 0 Å². The highest BCUT2D eigenvalue weighted by Gasteiger charge is 2.36. The summed E-state index contributed by atoms with van der Waals surface area (Å²) in [6, 6.07) is 7.78. The maximum Gasteiger partial charge on any atom is 0.0341 e. The summed E-state index contributed by atoms with van der Waals surface area (Å²) in [6.45, 7) is 0. The fraction of sp³-hybridized carbons (Fsp3) is 0.400. The molecule has 1 N–H and O–H groups in total. The van der Waals surface area contributed by atoms with E-state index in [2.05, 4.69) is 39.4 Å². The number of halogens is 2. The van der Waals surface area contributed by atoms with Crippen molar-refractivity contribution < 1.29 is 0 Å². The lowest BCUT2D eigenvalue weighted by Gasteiger charge is -2.13. The highest BCUT2D eigenvalue weighted by molar-refractivity contribution is 9.10. The summed E-state index contributed by atoms with van der Waals surface area (Å²) in [5, 5.41) is 3.60. The number of nitrogens with one attached hydrogen (secondary N) is 1. The summed E-state index contributed by atoms with van der Waals surface area (Å²) in [5.41, 5.74) is 3.02. The van der Waals surface area contributed by atoms with Crippen LogP contribution in [0.1, 0.15) is 36.1 Å². The van der Waals surface area contributed by atoms with Gasteiger partial charge in [0.25, 0.3) is 0 Å². The molecule has 2 unspecified atom stereocenters. The number of fused-ring (bicyclic) bond motifs is 5. The lowest BCUT2D eigenvalue weighted by molar-refractivity contribution is 0.638. The van der Waals surface area contributed by atoms with Crippen molar-refractivity contribution in [2.75, 3.05) is 0 Å². The molecule has 2 atom stereocenters. The summed E-state index contributed by atoms with van der Waals surface area (Å²) >= 11 is 3.61. The van der Waals surface area contributed by atoms with Crippen LogP contribution < -0.4 is 5.32 Å². The van der Waals surface area contributed by atoms with Crippen molar-refractivity contribution in [3.8, 4) is 0 Å². The summed E-state index contributed by atoms with van der Waals surface area (Å²) in [6.07, 6.45) is 2.62. The molecule has 0 radical (unpaired) electrons. The smallest absolute Gasteiger partial charge is 0.0341 e. The standard InChI is InChI=1S/C10H10BrN.ClH/c11-7-3-1-2-6-8-4-5-9(12-8)10(6)7;/h1-3,8-9,12H,4-5H2;1H. The quantitative estimate of drug-likeness (QED) is 0.754. The van der Waals surface area contributed by atoms with Crippen molar-refractivity contribution in [1.82, 2.24) is 5.32 Å². The maximum absolute atomic E-state index is 3.61. The van der Waals surface area contributed by atoms with Gasteiger partial charge in [0, 0.05) is 16.6 Å². The van der Waals surface area contributed by atoms with Crippen molar-refractivity contribution in [1.29, 1.82) is 0 Å². The highest BCUT2D eigenvalue weighted by Crippen LogP contribution is 2.47. The highest BCUT2D eigenvalue weighted by atomic mass is 79.9. The number of benzene rings is 1. The molecule has 3 rings (SSSR count). The van der Waals surface area contributed by atoms with E-state index < -0.39 is 0 Å². The molecule has 1 saturated heterocycles. The van der Waals surface area contributed by atoms with Crippen molar-refractivity contribution in [2.45, 2.75) is 24.9 Å². The van der Waals surface area contributed by atoms with E-state index in [1.54, 1.807) is 0 Å². The Morgan fingerprint density at radius 3 is 2.77 bits per heavy atom. The Hall–Kier alpha value is -0.0500. The molecule has 0 aromatic heterocycles. The van der Waals surface area contributed by atoms with Crippen LogP contribution in [-0.2, 0) is 0 Å². The van der Waals surface area contributed by atoms with Crippen LogP contribution in [0.15, 0.2) is 22.7 Å². The van der Waals surface area contributed by atoms with Gasteiger partial charge in [-0.2, -0.15) is 0 Å². The van der Waals surface area contributed by atoms with E-state index in [0.717, 1.165) is 0 Å². The summed E-state index contributed by atoms with van der Waals surface area (Å²) in [7, 11) is 0. The average Bonchev–Trinajstić information content (AvgIpc) is 2.64. The Balaban J connectivity index is 0.000000653. The van der Waals surface area contributed by atoms with E-state index in [0.29, 0.717) is 12.1 Å². The molecular formula is C10H11BrClN. The minimum atomic E-state index is 0. The molecule has 70 valence electrons. The van der Waals surface area contributed by atoms with Crippen molar-refractivity contribution in [3.63, 3.8) is 0 Å². The van der Waals surface area contributed by atoms with Crippen molar-refractivity contribution in [3.05, 3.63) is 33.8 Å². The Bertz CT molecular complexity index is 340. The van der Waals surface area contributed by atoms with Gasteiger partial charge in [0.15, 0.2) is 0 Å². The molecule has 2 aliphatic rings. The summed E-state index contributed by atoms with van der Waals surface area (Å²) in [4.78, 5) is 0. The average molecular weight is 261 g/mol. The first-order valence-corrected chi connectivity index (χ1v) is 5.20. The molecule has 0 saturated carbocycles. The SMILES string of the molecule is Brc1cccc2c1C1CCC2N1.Cl. The van der Waals surface area contributed by atoms with Crippen LogP contribution >= 0.6 is 28.3 Å². The third kappa shape index (κ3) is 1.24. The van der Waals surface area contributed by atoms with Gasteiger partial charge >= 0.3 is 0 Å². The summed E-state index contributed by atoms with van der Waals surface area (Å²) < 4.78 is 1.28. The molecule has 1 fully saturated rings. The molecule has 13 heavy (non-hydrogen) atoms. The second kappa shape index (κ2) is 3.26. The zero-order valence-corrected chi connectivity index (χ0v) is 9.49. The monoisotopic (exact) mass is 259 g/mol. The molecule has 0 amide bonds. The minimum Gasteiger partial charge on any atom is -0.303 e. The Kier molecular flexibility index (Phi) is 2.39. The van der Waals surface area contributed by atoms with Gasteiger partial charge in [0.2, 0.25) is 0 Å². The molecular weight excluding hydrogens is 249 g/mol. The van der Waals surface area contributed by atoms with Gasteiger partial charge < -0.3 is 5.32 Å².